The van der Waals surface area contributed by atoms with Crippen LogP contribution in [0.4, 0.5) is 0 Å². The van der Waals surface area contributed by atoms with Crippen LogP contribution in [0.25, 0.3) is 11.1 Å². The van der Waals surface area contributed by atoms with Crippen molar-refractivity contribution in [3.63, 3.8) is 0 Å². The van der Waals surface area contributed by atoms with E-state index in [1.54, 1.807) is 0 Å². The Bertz CT molecular complexity index is 1820. The van der Waals surface area contributed by atoms with Crippen LogP contribution in [0.3, 0.4) is 0 Å². The highest BCUT2D eigenvalue weighted by atomic mass is 16.4. The van der Waals surface area contributed by atoms with Gasteiger partial charge >= 0.3 is 35.8 Å². The molecule has 4 aromatic rings. The zero-order valence-corrected chi connectivity index (χ0v) is 22.1. The van der Waals surface area contributed by atoms with Crippen molar-refractivity contribution in [1.29, 1.82) is 0 Å². The highest BCUT2D eigenvalue weighted by molar-refractivity contribution is 6.15. The van der Waals surface area contributed by atoms with E-state index in [9.17, 15) is 33.6 Å². The maximum Gasteiger partial charge on any atom is 0.336 e. The normalized spacial score (nSPS) is 10.1. The van der Waals surface area contributed by atoms with E-state index in [1.807, 2.05) is 0 Å². The second-order valence-electron chi connectivity index (χ2n) is 8.84. The van der Waals surface area contributed by atoms with E-state index in [1.165, 1.54) is 66.7 Å². The number of hydrogen-bond donors (Lipinski definition) is 6. The lowest BCUT2D eigenvalue weighted by Crippen LogP contribution is -2.12. The van der Waals surface area contributed by atoms with Crippen LogP contribution in [0.1, 0.15) is 78.1 Å². The molecule has 0 aliphatic carbocycles. The van der Waals surface area contributed by atoms with Crippen molar-refractivity contribution in [2.45, 2.75) is 0 Å². The van der Waals surface area contributed by atoms with E-state index < -0.39 is 41.6 Å². The lowest BCUT2D eigenvalue weighted by Gasteiger charge is -2.08. The minimum Gasteiger partial charge on any atom is -0.478 e. The summed E-state index contributed by atoms with van der Waals surface area (Å²) in [6, 6.07) is 17.2. The third kappa shape index (κ3) is 7.36. The van der Waals surface area contributed by atoms with Gasteiger partial charge in [-0.2, -0.15) is 0 Å². The standard InChI is InChI=1S/C16H10O7.C15H10O6/c17-13(8-1-3-9(4-2-8)14(18)19)12-7-10(15(20)21)5-6-11(12)16(22)23;16-13(17)9-3-1-8(2-4-9)12-7-10(14(18)19)5-6-11(12)15(20)21/h1-7H,(H,18,19)(H,20,21)(H,22,23);1-7H,(H,16,17)(H,18,19)(H,20,21). The first-order chi connectivity index (χ1) is 20.7. The lowest BCUT2D eigenvalue weighted by molar-refractivity contribution is 0.0679. The second-order valence-corrected chi connectivity index (χ2v) is 8.84. The van der Waals surface area contributed by atoms with Gasteiger partial charge in [0.2, 0.25) is 0 Å². The Kier molecular flexibility index (Phi) is 9.68. The van der Waals surface area contributed by atoms with Gasteiger partial charge in [0, 0.05) is 11.1 Å². The van der Waals surface area contributed by atoms with E-state index in [-0.39, 0.29) is 50.1 Å². The largest absolute Gasteiger partial charge is 0.478 e. The van der Waals surface area contributed by atoms with Gasteiger partial charge in [0.25, 0.3) is 0 Å². The molecule has 0 saturated carbocycles. The summed E-state index contributed by atoms with van der Waals surface area (Å²) < 4.78 is 0. The molecule has 44 heavy (non-hydrogen) atoms. The third-order valence-corrected chi connectivity index (χ3v) is 6.08. The Morgan fingerprint density at radius 3 is 1.14 bits per heavy atom. The molecule has 0 bridgehead atoms. The van der Waals surface area contributed by atoms with Crippen molar-refractivity contribution in [3.8, 4) is 11.1 Å². The molecule has 0 heterocycles. The van der Waals surface area contributed by atoms with Crippen molar-refractivity contribution < 1.29 is 64.2 Å². The molecule has 13 heteroatoms. The van der Waals surface area contributed by atoms with Crippen molar-refractivity contribution >= 4 is 41.6 Å². The fourth-order valence-corrected chi connectivity index (χ4v) is 3.87. The summed E-state index contributed by atoms with van der Waals surface area (Å²) in [4.78, 5) is 78.4. The van der Waals surface area contributed by atoms with Crippen LogP contribution < -0.4 is 0 Å². The first-order valence-corrected chi connectivity index (χ1v) is 12.1. The van der Waals surface area contributed by atoms with Crippen molar-refractivity contribution in [1.82, 2.24) is 0 Å². The molecule has 0 aliphatic heterocycles. The molecular weight excluding hydrogens is 580 g/mol. The number of benzene rings is 4. The molecule has 0 fully saturated rings. The number of ketones is 1. The molecule has 0 amide bonds. The summed E-state index contributed by atoms with van der Waals surface area (Å²) in [6.07, 6.45) is 0. The SMILES string of the molecule is O=C(O)c1ccc(-c2cc(C(=O)O)ccc2C(=O)O)cc1.O=C(O)c1ccc(C(=O)c2cc(C(=O)O)ccc2C(=O)O)cc1. The first kappa shape index (κ1) is 31.9. The molecule has 13 nitrogen and oxygen atoms in total. The van der Waals surface area contributed by atoms with Crippen LogP contribution in [-0.2, 0) is 0 Å². The quantitative estimate of drug-likeness (QED) is 0.146. The maximum atomic E-state index is 12.4. The van der Waals surface area contributed by atoms with Crippen LogP contribution >= 0.6 is 0 Å². The predicted molar refractivity (Wildman–Crippen MR) is 150 cm³/mol. The lowest BCUT2D eigenvalue weighted by atomic mass is 9.95. The summed E-state index contributed by atoms with van der Waals surface area (Å²) in [5, 5.41) is 53.9. The highest BCUT2D eigenvalue weighted by Gasteiger charge is 2.21. The van der Waals surface area contributed by atoms with Gasteiger partial charge in [0.05, 0.1) is 33.4 Å². The Morgan fingerprint density at radius 1 is 0.341 bits per heavy atom. The van der Waals surface area contributed by atoms with Gasteiger partial charge < -0.3 is 30.6 Å². The highest BCUT2D eigenvalue weighted by Crippen LogP contribution is 2.26. The average Bonchev–Trinajstić information content (AvgIpc) is 3.00. The molecule has 0 radical (unpaired) electrons. The van der Waals surface area contributed by atoms with E-state index >= 15 is 0 Å². The van der Waals surface area contributed by atoms with Crippen LogP contribution in [-0.4, -0.2) is 72.2 Å². The molecule has 0 aromatic heterocycles. The molecule has 0 spiro atoms. The Balaban J connectivity index is 0.000000241. The number of carbonyl (C=O) groups excluding carboxylic acids is 1. The van der Waals surface area contributed by atoms with Gasteiger partial charge in [-0.1, -0.05) is 24.3 Å². The molecule has 222 valence electrons. The molecule has 0 atom stereocenters. The van der Waals surface area contributed by atoms with Crippen LogP contribution in [0.2, 0.25) is 0 Å². The maximum absolute atomic E-state index is 12.4. The Morgan fingerprint density at radius 2 is 0.705 bits per heavy atom. The molecule has 6 N–H and O–H groups in total. The molecule has 4 aromatic carbocycles. The fraction of sp³-hybridized carbons (Fsp3) is 0. The van der Waals surface area contributed by atoms with Crippen molar-refractivity contribution in [2.24, 2.45) is 0 Å². The second kappa shape index (κ2) is 13.4. The van der Waals surface area contributed by atoms with E-state index in [0.29, 0.717) is 5.56 Å². The Labute approximate surface area is 246 Å². The third-order valence-electron chi connectivity index (χ3n) is 6.08. The van der Waals surface area contributed by atoms with Crippen molar-refractivity contribution in [2.75, 3.05) is 0 Å². The van der Waals surface area contributed by atoms with Gasteiger partial charge in [0.1, 0.15) is 0 Å². The van der Waals surface area contributed by atoms with E-state index in [4.69, 9.17) is 30.6 Å². The topological polar surface area (TPSA) is 241 Å². The minimum absolute atomic E-state index is 0.0284. The molecular formula is C31H20O13. The molecule has 4 rings (SSSR count). The summed E-state index contributed by atoms with van der Waals surface area (Å²) >= 11 is 0. The van der Waals surface area contributed by atoms with Gasteiger partial charge in [-0.05, 0) is 71.8 Å². The zero-order valence-electron chi connectivity index (χ0n) is 22.1. The first-order valence-electron chi connectivity index (χ1n) is 12.1. The average molecular weight is 600 g/mol. The van der Waals surface area contributed by atoms with Crippen LogP contribution in [0, 0.1) is 0 Å². The predicted octanol–water partition coefficient (Wildman–Crippen LogP) is 4.46. The summed E-state index contributed by atoms with van der Waals surface area (Å²) in [6.45, 7) is 0. The molecule has 0 aliphatic rings. The minimum atomic E-state index is -1.37. The van der Waals surface area contributed by atoms with Crippen molar-refractivity contribution in [3.05, 3.63) is 129 Å². The smallest absolute Gasteiger partial charge is 0.336 e. The van der Waals surface area contributed by atoms with Gasteiger partial charge in [-0.25, -0.2) is 28.8 Å². The molecule has 0 saturated heterocycles. The molecule has 0 unspecified atom stereocenters. The van der Waals surface area contributed by atoms with Gasteiger partial charge in [0.15, 0.2) is 5.78 Å². The summed E-state index contributed by atoms with van der Waals surface area (Å²) in [5.74, 6) is -7.99. The monoisotopic (exact) mass is 600 g/mol. The van der Waals surface area contributed by atoms with Gasteiger partial charge in [-0.3, -0.25) is 4.79 Å². The summed E-state index contributed by atoms with van der Waals surface area (Å²) in [5.41, 5.74) is -0.187. The zero-order chi connectivity index (χ0) is 32.7. The fourth-order valence-electron chi connectivity index (χ4n) is 3.87. The van der Waals surface area contributed by atoms with Gasteiger partial charge in [-0.15, -0.1) is 0 Å². The van der Waals surface area contributed by atoms with E-state index in [2.05, 4.69) is 0 Å². The Hall–Kier alpha value is -6.63. The number of carbonyl (C=O) groups is 7. The van der Waals surface area contributed by atoms with Crippen LogP contribution in [0.15, 0.2) is 84.9 Å². The number of hydrogen-bond acceptors (Lipinski definition) is 7. The summed E-state index contributed by atoms with van der Waals surface area (Å²) in [7, 11) is 0. The van der Waals surface area contributed by atoms with Crippen LogP contribution in [0.5, 0.6) is 0 Å². The number of carboxylic acid groups (broad SMARTS) is 6. The van der Waals surface area contributed by atoms with E-state index in [0.717, 1.165) is 18.2 Å². The number of rotatable bonds is 9. The number of aromatic carboxylic acids is 6. The number of carboxylic acids is 6.